The molecule has 56 heavy (non-hydrogen) atoms. The highest BCUT2D eigenvalue weighted by Gasteiger charge is 2.33. The molecule has 2 rings (SSSR count). The number of hydrogen-bond donors (Lipinski definition) is 7. The Labute approximate surface area is 336 Å². The zero-order valence-electron chi connectivity index (χ0n) is 33.9. The molecule has 3 amide bonds. The van der Waals surface area contributed by atoms with E-state index < -0.39 is 47.6 Å². The number of fused-ring (bicyclic) bond motifs is 1. The highest BCUT2D eigenvalue weighted by atomic mass is 32.2. The van der Waals surface area contributed by atoms with E-state index in [1.54, 1.807) is 6.92 Å². The van der Waals surface area contributed by atoms with E-state index in [4.69, 9.17) is 22.9 Å². The molecule has 2 aromatic rings. The quantitative estimate of drug-likeness (QED) is 0.0358. The van der Waals surface area contributed by atoms with Gasteiger partial charge in [-0.05, 0) is 75.1 Å². The van der Waals surface area contributed by atoms with Gasteiger partial charge >= 0.3 is 0 Å². The van der Waals surface area contributed by atoms with Gasteiger partial charge in [0, 0.05) is 73.0 Å². The number of carbonyl (C=O) groups excluding carboxylic acids is 6. The number of aromatic nitrogens is 1. The number of amides is 3. The molecule has 0 radical (unpaired) electrons. The van der Waals surface area contributed by atoms with Gasteiger partial charge in [0.1, 0.15) is 5.78 Å². The Bertz CT molecular complexity index is 1630. The van der Waals surface area contributed by atoms with Crippen LogP contribution in [0.5, 0.6) is 0 Å². The number of nitrogens with zero attached hydrogens (tertiary/aromatic N) is 1. The number of carbonyl (C=O) groups is 6. The maximum atomic E-state index is 14.3. The van der Waals surface area contributed by atoms with Crippen LogP contribution in [-0.2, 0) is 35.2 Å². The van der Waals surface area contributed by atoms with Gasteiger partial charge in [0.2, 0.25) is 17.7 Å². The lowest BCUT2D eigenvalue weighted by Crippen LogP contribution is -2.48. The summed E-state index contributed by atoms with van der Waals surface area (Å²) in [5.41, 5.74) is 23.9. The number of aromatic amines is 1. The summed E-state index contributed by atoms with van der Waals surface area (Å²) in [6.45, 7) is 8.02. The summed E-state index contributed by atoms with van der Waals surface area (Å²) in [7, 11) is 0. The highest BCUT2D eigenvalue weighted by molar-refractivity contribution is 7.98. The summed E-state index contributed by atoms with van der Waals surface area (Å²) < 4.78 is 0. The number of nitrogens with one attached hydrogen (secondary N) is 3. The number of benzene rings is 1. The van der Waals surface area contributed by atoms with Crippen molar-refractivity contribution in [3.05, 3.63) is 36.0 Å². The van der Waals surface area contributed by atoms with Crippen molar-refractivity contribution in [2.24, 2.45) is 57.5 Å². The van der Waals surface area contributed by atoms with Crippen molar-refractivity contribution in [1.29, 1.82) is 0 Å². The SMILES string of the molecule is CC[C@H](C)[C@H](CC(=O)[C@H](C)NC(=O)[C@H](CCSC)CC(=O)[C@H](Cc1c[nH]c2ccccc12)NC(=O)[C@H](CCCCN)CC(=O)[C@@H](C)CCCN=C(N)N)C(N)=O. The van der Waals surface area contributed by atoms with E-state index in [9.17, 15) is 28.8 Å². The Morgan fingerprint density at radius 2 is 1.48 bits per heavy atom. The molecule has 1 aromatic carbocycles. The molecule has 0 unspecified atom stereocenters. The van der Waals surface area contributed by atoms with Crippen LogP contribution in [-0.4, -0.2) is 83.2 Å². The van der Waals surface area contributed by atoms with Crippen molar-refractivity contribution in [2.75, 3.05) is 25.1 Å². The number of nitrogens with two attached hydrogens (primary N) is 4. The molecule has 1 heterocycles. The predicted octanol–water partition coefficient (Wildman–Crippen LogP) is 3.53. The van der Waals surface area contributed by atoms with Crippen LogP contribution in [0.15, 0.2) is 35.5 Å². The number of ketones is 3. The molecule has 0 saturated carbocycles. The topological polar surface area (TPSA) is 259 Å². The van der Waals surface area contributed by atoms with Gasteiger partial charge in [-0.15, -0.1) is 0 Å². The van der Waals surface area contributed by atoms with Gasteiger partial charge in [-0.25, -0.2) is 0 Å². The largest absolute Gasteiger partial charge is 0.370 e. The number of H-pyrrole nitrogens is 1. The molecule has 0 aliphatic heterocycles. The van der Waals surface area contributed by atoms with Crippen LogP contribution in [0.3, 0.4) is 0 Å². The third kappa shape index (κ3) is 16.1. The van der Waals surface area contributed by atoms with Gasteiger partial charge in [-0.3, -0.25) is 33.8 Å². The van der Waals surface area contributed by atoms with Gasteiger partial charge < -0.3 is 38.6 Å². The Balaban J connectivity index is 2.34. The lowest BCUT2D eigenvalue weighted by atomic mass is 9.85. The summed E-state index contributed by atoms with van der Waals surface area (Å²) >= 11 is 1.53. The van der Waals surface area contributed by atoms with Gasteiger partial charge in [0.15, 0.2) is 17.5 Å². The molecular weight excluding hydrogens is 733 g/mol. The average molecular weight is 799 g/mol. The van der Waals surface area contributed by atoms with Crippen LogP contribution in [0.2, 0.25) is 0 Å². The third-order valence-corrected chi connectivity index (χ3v) is 11.4. The molecule has 0 saturated heterocycles. The predicted molar refractivity (Wildman–Crippen MR) is 225 cm³/mol. The fourth-order valence-electron chi connectivity index (χ4n) is 6.77. The highest BCUT2D eigenvalue weighted by Crippen LogP contribution is 2.24. The molecule has 0 bridgehead atoms. The molecular formula is C41H66N8O6S. The Hall–Kier alpha value is -4.24. The number of thioether (sulfide) groups is 1. The summed E-state index contributed by atoms with van der Waals surface area (Å²) in [6, 6.07) is 5.75. The second-order valence-corrected chi connectivity index (χ2v) is 16.1. The molecule has 312 valence electrons. The van der Waals surface area contributed by atoms with Crippen molar-refractivity contribution in [3.63, 3.8) is 0 Å². The number of para-hydroxylation sites is 1. The van der Waals surface area contributed by atoms with E-state index in [2.05, 4.69) is 20.6 Å². The molecule has 0 aliphatic carbocycles. The minimum atomic E-state index is -0.999. The first-order valence-electron chi connectivity index (χ1n) is 19.9. The van der Waals surface area contributed by atoms with Crippen molar-refractivity contribution < 1.29 is 28.8 Å². The summed E-state index contributed by atoms with van der Waals surface area (Å²) in [4.78, 5) is 88.0. The molecule has 0 spiro atoms. The number of aliphatic imine (C=N–C) groups is 1. The summed E-state index contributed by atoms with van der Waals surface area (Å²) in [5, 5.41) is 6.69. The van der Waals surface area contributed by atoms with Gasteiger partial charge in [0.05, 0.1) is 12.1 Å². The summed E-state index contributed by atoms with van der Waals surface area (Å²) in [5.74, 6) is -4.10. The maximum Gasteiger partial charge on any atom is 0.224 e. The van der Waals surface area contributed by atoms with E-state index in [1.807, 2.05) is 57.5 Å². The zero-order chi connectivity index (χ0) is 41.8. The van der Waals surface area contributed by atoms with Crippen LogP contribution in [0.25, 0.3) is 10.9 Å². The first kappa shape index (κ1) is 47.9. The number of hydrogen-bond acceptors (Lipinski definition) is 9. The van der Waals surface area contributed by atoms with Crippen molar-refractivity contribution in [3.8, 4) is 0 Å². The molecule has 15 heteroatoms. The number of guanidine groups is 1. The average Bonchev–Trinajstić information content (AvgIpc) is 3.57. The molecule has 0 aliphatic rings. The van der Waals surface area contributed by atoms with Gasteiger partial charge in [-0.2, -0.15) is 11.8 Å². The minimum absolute atomic E-state index is 0.00613. The van der Waals surface area contributed by atoms with E-state index >= 15 is 0 Å². The number of unbranched alkanes of at least 4 members (excludes halogenated alkanes) is 1. The first-order chi connectivity index (χ1) is 26.6. The van der Waals surface area contributed by atoms with Gasteiger partial charge in [0.25, 0.3) is 0 Å². The van der Waals surface area contributed by atoms with Crippen molar-refractivity contribution >= 4 is 63.7 Å². The second-order valence-electron chi connectivity index (χ2n) is 15.1. The van der Waals surface area contributed by atoms with Crippen LogP contribution in [0.4, 0.5) is 0 Å². The van der Waals surface area contributed by atoms with Crippen molar-refractivity contribution in [1.82, 2.24) is 15.6 Å². The molecule has 1 aromatic heterocycles. The van der Waals surface area contributed by atoms with Crippen LogP contribution < -0.4 is 33.6 Å². The fourth-order valence-corrected chi connectivity index (χ4v) is 7.29. The van der Waals surface area contributed by atoms with E-state index in [1.165, 1.54) is 11.8 Å². The monoisotopic (exact) mass is 798 g/mol. The Kier molecular flexibility index (Phi) is 21.5. The lowest BCUT2D eigenvalue weighted by Gasteiger charge is -2.25. The van der Waals surface area contributed by atoms with Crippen LogP contribution in [0, 0.1) is 29.6 Å². The smallest absolute Gasteiger partial charge is 0.224 e. The standard InChI is InChI=1S/C41H66N8O6S/c1-6-25(2)32(38(43)53)23-36(51)27(4)48-39(54)29(16-19-56-5)22-37(52)34(20-30-24-47-33-15-8-7-14-31(30)33)49-40(55)28(13-9-10-17-42)21-35(50)26(3)12-11-18-46-41(44)45/h7-8,14-15,24-29,32,34,47H,6,9-13,16-23,42H2,1-5H3,(H2,43,53)(H,48,54)(H,49,55)(H4,44,45,46)/t25-,26-,27-,28+,29+,32-,34-/m0/s1. The van der Waals surface area contributed by atoms with Gasteiger partial charge in [-0.1, -0.05) is 51.8 Å². The number of primary amides is 1. The molecule has 14 nitrogen and oxygen atoms in total. The number of Topliss-reactive ketones (excluding diaryl/α,β-unsaturated/α-hetero) is 3. The third-order valence-electron chi connectivity index (χ3n) is 10.7. The van der Waals surface area contributed by atoms with E-state index in [0.29, 0.717) is 63.8 Å². The van der Waals surface area contributed by atoms with E-state index in [-0.39, 0.29) is 60.8 Å². The Morgan fingerprint density at radius 1 is 0.821 bits per heavy atom. The molecule has 7 atom stereocenters. The molecule has 11 N–H and O–H groups in total. The second kappa shape index (κ2) is 25.1. The van der Waals surface area contributed by atoms with Crippen molar-refractivity contribution in [2.45, 2.75) is 110 Å². The zero-order valence-corrected chi connectivity index (χ0v) is 34.8. The fraction of sp³-hybridized carbons (Fsp3) is 0.634. The Morgan fingerprint density at radius 3 is 2.12 bits per heavy atom. The first-order valence-corrected chi connectivity index (χ1v) is 21.3. The lowest BCUT2D eigenvalue weighted by molar-refractivity contribution is -0.135. The van der Waals surface area contributed by atoms with Crippen LogP contribution in [0.1, 0.15) is 97.5 Å². The summed E-state index contributed by atoms with van der Waals surface area (Å²) in [6.07, 6.45) is 7.54. The molecule has 0 fully saturated rings. The van der Waals surface area contributed by atoms with Crippen LogP contribution >= 0.6 is 11.8 Å². The number of rotatable bonds is 29. The maximum absolute atomic E-state index is 14.3. The normalized spacial score (nSPS) is 15.1. The minimum Gasteiger partial charge on any atom is -0.370 e. The van der Waals surface area contributed by atoms with E-state index in [0.717, 1.165) is 16.5 Å².